The Morgan fingerprint density at radius 3 is 2.15 bits per heavy atom. The Hall–Kier alpha value is 0.217. The predicted molar refractivity (Wildman–Crippen MR) is 64.3 cm³/mol. The highest BCUT2D eigenvalue weighted by atomic mass is 28.1. The van der Waals surface area contributed by atoms with Gasteiger partial charge in [0.05, 0.1) is 0 Å². The van der Waals surface area contributed by atoms with Crippen molar-refractivity contribution >= 4 is 10.2 Å². The Labute approximate surface area is 86.9 Å². The first-order valence-corrected chi connectivity index (χ1v) is 6.98. The molecular formula is C12H26Si. The molecule has 0 saturated heterocycles. The average Bonchev–Trinajstić information content (AvgIpc) is 2.04. The minimum atomic E-state index is 0.756. The maximum absolute atomic E-state index is 2.44. The molecule has 0 aromatic carbocycles. The Bertz CT molecular complexity index is 163. The summed E-state index contributed by atoms with van der Waals surface area (Å²) in [6.45, 7) is 9.72. The van der Waals surface area contributed by atoms with Crippen LogP contribution < -0.4 is 0 Å². The average molecular weight is 198 g/mol. The summed E-state index contributed by atoms with van der Waals surface area (Å²) in [5.41, 5.74) is 0. The first-order valence-electron chi connectivity index (χ1n) is 5.98. The molecule has 0 radical (unpaired) electrons. The van der Waals surface area contributed by atoms with Gasteiger partial charge in [-0.2, -0.15) is 0 Å². The number of hydrogen-bond donors (Lipinski definition) is 0. The van der Waals surface area contributed by atoms with Crippen molar-refractivity contribution < 1.29 is 0 Å². The Morgan fingerprint density at radius 1 is 1.15 bits per heavy atom. The predicted octanol–water partition coefficient (Wildman–Crippen LogP) is 3.01. The highest BCUT2D eigenvalue weighted by Gasteiger charge is 2.39. The SMILES string of the molecule is CC(C)C1CCCCC1([SiH3])C(C)C. The molecule has 0 N–H and O–H groups in total. The van der Waals surface area contributed by atoms with Crippen LogP contribution in [0.3, 0.4) is 0 Å². The molecule has 2 atom stereocenters. The van der Waals surface area contributed by atoms with E-state index in [2.05, 4.69) is 27.7 Å². The van der Waals surface area contributed by atoms with Crippen molar-refractivity contribution in [3.63, 3.8) is 0 Å². The monoisotopic (exact) mass is 198 g/mol. The summed E-state index contributed by atoms with van der Waals surface area (Å²) in [4.78, 5) is 0. The van der Waals surface area contributed by atoms with Crippen molar-refractivity contribution in [1.82, 2.24) is 0 Å². The van der Waals surface area contributed by atoms with E-state index in [9.17, 15) is 0 Å². The minimum absolute atomic E-state index is 0.756. The molecule has 0 aliphatic heterocycles. The lowest BCUT2D eigenvalue weighted by molar-refractivity contribution is 0.154. The summed E-state index contributed by atoms with van der Waals surface area (Å²) in [7, 11) is 1.40. The van der Waals surface area contributed by atoms with Crippen LogP contribution >= 0.6 is 0 Å². The van der Waals surface area contributed by atoms with Gasteiger partial charge in [0, 0.05) is 10.2 Å². The van der Waals surface area contributed by atoms with Gasteiger partial charge in [0.2, 0.25) is 0 Å². The van der Waals surface area contributed by atoms with E-state index in [4.69, 9.17) is 0 Å². The topological polar surface area (TPSA) is 0 Å². The highest BCUT2D eigenvalue weighted by molar-refractivity contribution is 6.15. The molecule has 0 spiro atoms. The fourth-order valence-corrected chi connectivity index (χ4v) is 4.51. The molecule has 2 unspecified atom stereocenters. The van der Waals surface area contributed by atoms with Gasteiger partial charge in [-0.1, -0.05) is 47.0 Å². The lowest BCUT2D eigenvalue weighted by Gasteiger charge is -2.47. The zero-order chi connectivity index (χ0) is 10.1. The van der Waals surface area contributed by atoms with Gasteiger partial charge >= 0.3 is 0 Å². The minimum Gasteiger partial charge on any atom is -0.0625 e. The smallest absolute Gasteiger partial charge is 0.0113 e. The molecule has 1 fully saturated rings. The Kier molecular flexibility index (Phi) is 3.62. The van der Waals surface area contributed by atoms with Gasteiger partial charge in [-0.15, -0.1) is 0 Å². The molecule has 1 heteroatoms. The summed E-state index contributed by atoms with van der Waals surface area (Å²) >= 11 is 0. The summed E-state index contributed by atoms with van der Waals surface area (Å²) < 4.78 is 0. The molecule has 1 aliphatic carbocycles. The van der Waals surface area contributed by atoms with Crippen LogP contribution in [0.1, 0.15) is 53.4 Å². The third-order valence-corrected chi connectivity index (χ3v) is 6.85. The molecule has 78 valence electrons. The molecule has 1 rings (SSSR count). The van der Waals surface area contributed by atoms with E-state index in [1.54, 1.807) is 0 Å². The first-order chi connectivity index (χ1) is 5.98. The van der Waals surface area contributed by atoms with E-state index in [0.29, 0.717) is 0 Å². The number of rotatable bonds is 2. The summed E-state index contributed by atoms with van der Waals surface area (Å²) in [5.74, 6) is 2.83. The third kappa shape index (κ3) is 2.17. The van der Waals surface area contributed by atoms with E-state index in [1.165, 1.54) is 35.9 Å². The first kappa shape index (κ1) is 11.3. The second-order valence-corrected chi connectivity index (χ2v) is 7.62. The quantitative estimate of drug-likeness (QED) is 0.598. The van der Waals surface area contributed by atoms with Crippen LogP contribution in [0.25, 0.3) is 0 Å². The second kappa shape index (κ2) is 4.16. The van der Waals surface area contributed by atoms with Crippen molar-refractivity contribution in [2.45, 2.75) is 58.4 Å². The van der Waals surface area contributed by atoms with Gasteiger partial charge in [-0.3, -0.25) is 0 Å². The fraction of sp³-hybridized carbons (Fsp3) is 1.00. The van der Waals surface area contributed by atoms with E-state index in [0.717, 1.165) is 22.8 Å². The molecule has 0 nitrogen and oxygen atoms in total. The molecule has 0 amide bonds. The van der Waals surface area contributed by atoms with E-state index < -0.39 is 0 Å². The zero-order valence-electron chi connectivity index (χ0n) is 10.1. The van der Waals surface area contributed by atoms with Crippen molar-refractivity contribution in [2.75, 3.05) is 0 Å². The second-order valence-electron chi connectivity index (χ2n) is 5.76. The summed E-state index contributed by atoms with van der Waals surface area (Å²) in [5, 5.41) is 0.756. The maximum atomic E-state index is 2.44. The Balaban J connectivity index is 2.77. The van der Waals surface area contributed by atoms with Crippen LogP contribution in [0.4, 0.5) is 0 Å². The van der Waals surface area contributed by atoms with Crippen molar-refractivity contribution in [2.24, 2.45) is 17.8 Å². The highest BCUT2D eigenvalue weighted by Crippen LogP contribution is 2.53. The van der Waals surface area contributed by atoms with Gasteiger partial charge in [-0.25, -0.2) is 0 Å². The largest absolute Gasteiger partial charge is 0.0625 e. The molecule has 13 heavy (non-hydrogen) atoms. The van der Waals surface area contributed by atoms with E-state index in [1.807, 2.05) is 0 Å². The molecule has 1 saturated carbocycles. The number of hydrogen-bond acceptors (Lipinski definition) is 0. The zero-order valence-corrected chi connectivity index (χ0v) is 12.1. The van der Waals surface area contributed by atoms with Crippen LogP contribution in [0.15, 0.2) is 0 Å². The lowest BCUT2D eigenvalue weighted by atomic mass is 9.68. The normalized spacial score (nSPS) is 36.0. The molecule has 1 aliphatic rings. The molecule has 0 aromatic rings. The lowest BCUT2D eigenvalue weighted by Crippen LogP contribution is -2.35. The third-order valence-electron chi connectivity index (χ3n) is 4.45. The van der Waals surface area contributed by atoms with Crippen LogP contribution in [-0.2, 0) is 0 Å². The van der Waals surface area contributed by atoms with Crippen molar-refractivity contribution in [1.29, 1.82) is 0 Å². The van der Waals surface area contributed by atoms with Gasteiger partial charge in [0.1, 0.15) is 0 Å². The van der Waals surface area contributed by atoms with E-state index >= 15 is 0 Å². The fourth-order valence-electron chi connectivity index (χ4n) is 3.20. The van der Waals surface area contributed by atoms with Gasteiger partial charge in [-0.05, 0) is 29.2 Å². The van der Waals surface area contributed by atoms with Crippen LogP contribution in [0.5, 0.6) is 0 Å². The summed E-state index contributed by atoms with van der Waals surface area (Å²) in [6.07, 6.45) is 5.99. The Morgan fingerprint density at radius 2 is 1.77 bits per heavy atom. The molecular weight excluding hydrogens is 172 g/mol. The molecule has 0 heterocycles. The van der Waals surface area contributed by atoms with Crippen LogP contribution in [-0.4, -0.2) is 10.2 Å². The van der Waals surface area contributed by atoms with Gasteiger partial charge in [0.25, 0.3) is 0 Å². The van der Waals surface area contributed by atoms with Crippen molar-refractivity contribution in [3.05, 3.63) is 0 Å². The van der Waals surface area contributed by atoms with E-state index in [-0.39, 0.29) is 0 Å². The van der Waals surface area contributed by atoms with Crippen LogP contribution in [0.2, 0.25) is 5.04 Å². The van der Waals surface area contributed by atoms with Gasteiger partial charge < -0.3 is 0 Å². The standard InChI is InChI=1S/C12H26Si/c1-9(2)11-7-5-6-8-12(11,13)10(3)4/h9-11H,5-8H2,1-4,13H3. The van der Waals surface area contributed by atoms with Crippen molar-refractivity contribution in [3.8, 4) is 0 Å². The maximum Gasteiger partial charge on any atom is 0.0113 e. The molecule has 0 bridgehead atoms. The van der Waals surface area contributed by atoms with Gasteiger partial charge in [0.15, 0.2) is 0 Å². The molecule has 0 aromatic heterocycles. The summed E-state index contributed by atoms with van der Waals surface area (Å²) in [6, 6.07) is 0. The van der Waals surface area contributed by atoms with Crippen LogP contribution in [0, 0.1) is 17.8 Å².